The molecule has 0 aliphatic rings. The molecular formula is C38H44Cl2N4O8. The average molecular weight is 756 g/mol. The summed E-state index contributed by atoms with van der Waals surface area (Å²) in [5.74, 6) is 0.360. The molecule has 2 aromatic heterocycles. The minimum absolute atomic E-state index is 0.216. The van der Waals surface area contributed by atoms with Gasteiger partial charge >= 0.3 is 11.9 Å². The van der Waals surface area contributed by atoms with Gasteiger partial charge in [0.2, 0.25) is 23.5 Å². The van der Waals surface area contributed by atoms with Crippen molar-refractivity contribution < 1.29 is 38.0 Å². The molecule has 0 spiro atoms. The summed E-state index contributed by atoms with van der Waals surface area (Å²) in [6.45, 7) is 8.51. The molecule has 0 fully saturated rings. The van der Waals surface area contributed by atoms with E-state index in [1.54, 1.807) is 26.0 Å². The van der Waals surface area contributed by atoms with Gasteiger partial charge in [-0.25, -0.2) is 0 Å². The van der Waals surface area contributed by atoms with Crippen LogP contribution < -0.4 is 29.6 Å². The van der Waals surface area contributed by atoms with Crippen LogP contribution >= 0.6 is 23.2 Å². The van der Waals surface area contributed by atoms with E-state index in [9.17, 15) is 9.59 Å². The van der Waals surface area contributed by atoms with Gasteiger partial charge in [-0.3, -0.25) is 9.59 Å². The Labute approximate surface area is 314 Å². The van der Waals surface area contributed by atoms with Crippen LogP contribution in [0.4, 0.5) is 0 Å². The molecule has 0 aliphatic heterocycles. The number of nitrogens with zero attached hydrogens (tertiary/aromatic N) is 2. The molecule has 0 aliphatic carbocycles. The Kier molecular flexibility index (Phi) is 14.5. The SMILES string of the molecule is COC(=O)[C@@H](C)NCc1cc(Cl)c(OCc2cccc(-c3cccc(COc4nc(OC)c(CN[C@H](C)C(=O)OC)cc4Cl)c3C)c2C)nc1OC. The lowest BCUT2D eigenvalue weighted by molar-refractivity contribution is -0.143. The molecule has 2 heterocycles. The van der Waals surface area contributed by atoms with Gasteiger partial charge in [0.15, 0.2) is 0 Å². The lowest BCUT2D eigenvalue weighted by Crippen LogP contribution is -2.34. The van der Waals surface area contributed by atoms with Crippen LogP contribution in [-0.4, -0.2) is 62.4 Å². The summed E-state index contributed by atoms with van der Waals surface area (Å²) >= 11 is 13.1. The number of rotatable bonds is 17. The van der Waals surface area contributed by atoms with E-state index < -0.39 is 12.1 Å². The van der Waals surface area contributed by atoms with Gasteiger partial charge < -0.3 is 39.1 Å². The maximum absolute atomic E-state index is 11.8. The molecule has 2 N–H and O–H groups in total. The predicted octanol–water partition coefficient (Wildman–Crippen LogP) is 6.54. The number of pyridine rings is 2. The van der Waals surface area contributed by atoms with Gasteiger partial charge in [0.05, 0.1) is 28.4 Å². The molecule has 2 atom stereocenters. The summed E-state index contributed by atoms with van der Waals surface area (Å²) in [7, 11) is 5.69. The van der Waals surface area contributed by atoms with E-state index in [1.807, 2.05) is 38.1 Å². The van der Waals surface area contributed by atoms with Crippen molar-refractivity contribution in [3.63, 3.8) is 0 Å². The Morgan fingerprint density at radius 1 is 0.635 bits per heavy atom. The summed E-state index contributed by atoms with van der Waals surface area (Å²) < 4.78 is 32.7. The van der Waals surface area contributed by atoms with Gasteiger partial charge in [0.1, 0.15) is 35.3 Å². The van der Waals surface area contributed by atoms with E-state index in [1.165, 1.54) is 28.4 Å². The number of hydrogen-bond acceptors (Lipinski definition) is 12. The second-order valence-electron chi connectivity index (χ2n) is 11.9. The van der Waals surface area contributed by atoms with Crippen molar-refractivity contribution in [1.82, 2.24) is 20.6 Å². The molecule has 14 heteroatoms. The van der Waals surface area contributed by atoms with E-state index in [4.69, 9.17) is 51.6 Å². The standard InChI is InChI=1S/C38H44Cl2N4O8/c1-21-25(19-51-35-31(39)15-27(33(43-35)47-5)17-41-23(3)37(45)49-7)11-9-13-29(21)30-14-10-12-26(22(30)2)20-52-36-32(40)16-28(34(44-36)48-6)18-42-24(4)38(46)50-8/h9-16,23-24,41-42H,17-20H2,1-8H3/t23-,24-/m1/s1. The summed E-state index contributed by atoms with van der Waals surface area (Å²) in [6.07, 6.45) is 0. The van der Waals surface area contributed by atoms with E-state index >= 15 is 0 Å². The van der Waals surface area contributed by atoms with Crippen molar-refractivity contribution in [3.05, 3.63) is 92.0 Å². The highest BCUT2D eigenvalue weighted by atomic mass is 35.5. The number of ether oxygens (including phenoxy) is 6. The third kappa shape index (κ3) is 9.82. The molecular weight excluding hydrogens is 711 g/mol. The number of esters is 2. The zero-order valence-electron chi connectivity index (χ0n) is 30.5. The second kappa shape index (κ2) is 18.7. The topological polar surface area (TPSA) is 139 Å². The van der Waals surface area contributed by atoms with Gasteiger partial charge in [0, 0.05) is 24.2 Å². The zero-order chi connectivity index (χ0) is 37.9. The number of benzene rings is 2. The van der Waals surface area contributed by atoms with Crippen molar-refractivity contribution in [2.45, 2.75) is 66.1 Å². The molecule has 0 unspecified atom stereocenters. The van der Waals surface area contributed by atoms with Crippen molar-refractivity contribution >= 4 is 35.1 Å². The molecule has 0 saturated heterocycles. The van der Waals surface area contributed by atoms with Gasteiger partial charge in [-0.05, 0) is 73.2 Å². The number of carbonyl (C=O) groups excluding carboxylic acids is 2. The number of nitrogens with one attached hydrogen (secondary N) is 2. The second-order valence-corrected chi connectivity index (χ2v) is 12.7. The Morgan fingerprint density at radius 3 is 1.37 bits per heavy atom. The number of carbonyl (C=O) groups is 2. The molecule has 12 nitrogen and oxygen atoms in total. The number of hydrogen-bond donors (Lipinski definition) is 2. The molecule has 0 saturated carbocycles. The van der Waals surface area contributed by atoms with Crippen LogP contribution in [0.15, 0.2) is 48.5 Å². The van der Waals surface area contributed by atoms with Crippen molar-refractivity contribution in [3.8, 4) is 34.6 Å². The maximum atomic E-state index is 11.8. The van der Waals surface area contributed by atoms with Crippen molar-refractivity contribution in [2.24, 2.45) is 0 Å². The van der Waals surface area contributed by atoms with Crippen LogP contribution in [0.3, 0.4) is 0 Å². The van der Waals surface area contributed by atoms with Gasteiger partial charge in [0.25, 0.3) is 0 Å². The molecule has 278 valence electrons. The summed E-state index contributed by atoms with van der Waals surface area (Å²) in [6, 6.07) is 14.5. The van der Waals surface area contributed by atoms with Crippen LogP contribution in [-0.2, 0) is 45.4 Å². The first kappa shape index (κ1) is 40.2. The van der Waals surface area contributed by atoms with E-state index in [0.717, 1.165) is 33.4 Å². The molecule has 0 amide bonds. The minimum Gasteiger partial charge on any atom is -0.481 e. The fourth-order valence-corrected chi connectivity index (χ4v) is 5.86. The Hall–Kier alpha value is -4.62. The number of halogens is 2. The fourth-order valence-electron chi connectivity index (χ4n) is 5.40. The van der Waals surface area contributed by atoms with E-state index in [2.05, 4.69) is 32.7 Å². The van der Waals surface area contributed by atoms with Crippen molar-refractivity contribution in [1.29, 1.82) is 0 Å². The monoisotopic (exact) mass is 754 g/mol. The zero-order valence-corrected chi connectivity index (χ0v) is 32.0. The first-order valence-electron chi connectivity index (χ1n) is 16.4. The van der Waals surface area contributed by atoms with Gasteiger partial charge in [-0.1, -0.05) is 59.6 Å². The number of aromatic nitrogens is 2. The molecule has 4 aromatic rings. The van der Waals surface area contributed by atoms with Gasteiger partial charge in [-0.2, -0.15) is 9.97 Å². The average Bonchev–Trinajstić information content (AvgIpc) is 3.15. The smallest absolute Gasteiger partial charge is 0.322 e. The van der Waals surface area contributed by atoms with E-state index in [-0.39, 0.29) is 50.0 Å². The third-order valence-corrected chi connectivity index (χ3v) is 9.11. The Morgan fingerprint density at radius 2 is 1.02 bits per heavy atom. The minimum atomic E-state index is -0.521. The molecule has 4 rings (SSSR count). The van der Waals surface area contributed by atoms with Crippen LogP contribution in [0.5, 0.6) is 23.5 Å². The summed E-state index contributed by atoms with van der Waals surface area (Å²) in [5.41, 5.74) is 7.37. The molecule has 0 bridgehead atoms. The Bertz CT molecular complexity index is 1760. The summed E-state index contributed by atoms with van der Waals surface area (Å²) in [4.78, 5) is 32.5. The first-order valence-corrected chi connectivity index (χ1v) is 17.2. The van der Waals surface area contributed by atoms with Crippen LogP contribution in [0.25, 0.3) is 11.1 Å². The highest BCUT2D eigenvalue weighted by Crippen LogP contribution is 2.34. The van der Waals surface area contributed by atoms with Crippen LogP contribution in [0.1, 0.15) is 47.2 Å². The normalized spacial score (nSPS) is 12.1. The molecule has 0 radical (unpaired) electrons. The molecule has 2 aromatic carbocycles. The van der Waals surface area contributed by atoms with Crippen molar-refractivity contribution in [2.75, 3.05) is 28.4 Å². The van der Waals surface area contributed by atoms with E-state index in [0.29, 0.717) is 32.9 Å². The molecule has 52 heavy (non-hydrogen) atoms. The lowest BCUT2D eigenvalue weighted by Gasteiger charge is -2.18. The third-order valence-electron chi connectivity index (χ3n) is 8.57. The highest BCUT2D eigenvalue weighted by Gasteiger charge is 2.19. The highest BCUT2D eigenvalue weighted by molar-refractivity contribution is 6.32. The van der Waals surface area contributed by atoms with Crippen LogP contribution in [0, 0.1) is 13.8 Å². The van der Waals surface area contributed by atoms with Gasteiger partial charge in [-0.15, -0.1) is 0 Å². The number of methoxy groups -OCH3 is 4. The predicted molar refractivity (Wildman–Crippen MR) is 198 cm³/mol. The Balaban J connectivity index is 1.48. The lowest BCUT2D eigenvalue weighted by atomic mass is 9.92. The largest absolute Gasteiger partial charge is 0.481 e. The van der Waals surface area contributed by atoms with Crippen LogP contribution in [0.2, 0.25) is 10.0 Å². The first-order chi connectivity index (χ1) is 24.9. The maximum Gasteiger partial charge on any atom is 0.322 e. The quantitative estimate of drug-likeness (QED) is 0.113. The fraction of sp³-hybridized carbons (Fsp3) is 0.368. The summed E-state index contributed by atoms with van der Waals surface area (Å²) in [5, 5.41) is 6.77.